The molecule has 0 aliphatic heterocycles. The van der Waals surface area contributed by atoms with Gasteiger partial charge in [0.1, 0.15) is 0 Å². The van der Waals surface area contributed by atoms with E-state index >= 15 is 0 Å². The van der Waals surface area contributed by atoms with Crippen molar-refractivity contribution < 1.29 is 4.79 Å². The monoisotopic (exact) mass is 235 g/mol. The van der Waals surface area contributed by atoms with E-state index in [1.54, 1.807) is 31.4 Å². The molecule has 0 amide bonds. The van der Waals surface area contributed by atoms with Crippen LogP contribution in [-0.4, -0.2) is 20.8 Å². The van der Waals surface area contributed by atoms with Crippen LogP contribution in [0.4, 0.5) is 0 Å². The van der Waals surface area contributed by atoms with E-state index in [2.05, 4.69) is 10.3 Å². The summed E-state index contributed by atoms with van der Waals surface area (Å²) in [6, 6.07) is 5.21. The third-order valence-electron chi connectivity index (χ3n) is 2.14. The van der Waals surface area contributed by atoms with E-state index in [0.717, 1.165) is 5.56 Å². The third-order valence-corrected chi connectivity index (χ3v) is 2.36. The van der Waals surface area contributed by atoms with Gasteiger partial charge in [-0.3, -0.25) is 9.48 Å². The number of benzene rings is 1. The number of nitrogens with zero attached hydrogens (tertiary/aromatic N) is 3. The Morgan fingerprint density at radius 1 is 1.38 bits per heavy atom. The Balaban J connectivity index is 2.41. The van der Waals surface area contributed by atoms with Crippen LogP contribution >= 0.6 is 11.6 Å². The largest absolute Gasteiger partial charge is 0.287 e. The Labute approximate surface area is 97.8 Å². The molecule has 2 rings (SSSR count). The Hall–Kier alpha value is -1.68. The van der Waals surface area contributed by atoms with Gasteiger partial charge in [-0.25, -0.2) is 0 Å². The minimum absolute atomic E-state index is 0.168. The summed E-state index contributed by atoms with van der Waals surface area (Å²) in [6.07, 6.45) is 1.58. The summed E-state index contributed by atoms with van der Waals surface area (Å²) < 4.78 is 1.49. The summed E-state index contributed by atoms with van der Waals surface area (Å²) in [6.45, 7) is 1.89. The molecular formula is C11H10ClN3O. The second-order valence-electron chi connectivity index (χ2n) is 3.62. The number of hydrogen-bond donors (Lipinski definition) is 0. The van der Waals surface area contributed by atoms with E-state index in [1.807, 2.05) is 6.92 Å². The van der Waals surface area contributed by atoms with E-state index < -0.39 is 0 Å². The van der Waals surface area contributed by atoms with Crippen LogP contribution in [0.1, 0.15) is 21.6 Å². The van der Waals surface area contributed by atoms with Gasteiger partial charge in [-0.05, 0) is 30.7 Å². The lowest BCUT2D eigenvalue weighted by Crippen LogP contribution is -2.02. The zero-order chi connectivity index (χ0) is 11.7. The van der Waals surface area contributed by atoms with Gasteiger partial charge >= 0.3 is 0 Å². The number of aryl methyl sites for hydroxylation is 2. The van der Waals surface area contributed by atoms with Crippen LogP contribution < -0.4 is 0 Å². The second kappa shape index (κ2) is 4.06. The first-order valence-corrected chi connectivity index (χ1v) is 5.12. The van der Waals surface area contributed by atoms with Gasteiger partial charge in [0, 0.05) is 17.6 Å². The molecule has 0 radical (unpaired) electrons. The second-order valence-corrected chi connectivity index (χ2v) is 4.06. The molecule has 0 spiro atoms. The minimum Gasteiger partial charge on any atom is -0.287 e. The van der Waals surface area contributed by atoms with Crippen LogP contribution in [-0.2, 0) is 7.05 Å². The van der Waals surface area contributed by atoms with Crippen molar-refractivity contribution >= 4 is 17.4 Å². The summed E-state index contributed by atoms with van der Waals surface area (Å²) in [7, 11) is 1.72. The van der Waals surface area contributed by atoms with E-state index in [4.69, 9.17) is 11.6 Å². The smallest absolute Gasteiger partial charge is 0.214 e. The van der Waals surface area contributed by atoms with Crippen molar-refractivity contribution in [2.24, 2.45) is 7.05 Å². The summed E-state index contributed by atoms with van der Waals surface area (Å²) in [5.41, 5.74) is 1.80. The van der Waals surface area contributed by atoms with Gasteiger partial charge in [0.2, 0.25) is 5.78 Å². The first kappa shape index (κ1) is 10.8. The molecule has 1 aromatic carbocycles. The standard InChI is InChI=1S/C11H10ClN3O/c1-7-3-8(5-9(12)4-7)11(16)10-6-15(2)14-13-10/h3-6H,1-2H3. The minimum atomic E-state index is -0.168. The molecule has 0 saturated heterocycles. The highest BCUT2D eigenvalue weighted by atomic mass is 35.5. The summed E-state index contributed by atoms with van der Waals surface area (Å²) in [5, 5.41) is 8.04. The molecule has 4 nitrogen and oxygen atoms in total. The van der Waals surface area contributed by atoms with Crippen LogP contribution in [0.25, 0.3) is 0 Å². The molecule has 0 atom stereocenters. The van der Waals surface area contributed by atoms with Gasteiger partial charge in [-0.2, -0.15) is 0 Å². The number of aromatic nitrogens is 3. The molecule has 0 bridgehead atoms. The van der Waals surface area contributed by atoms with E-state index in [9.17, 15) is 4.79 Å². The van der Waals surface area contributed by atoms with Gasteiger partial charge in [0.25, 0.3) is 0 Å². The highest BCUT2D eigenvalue weighted by molar-refractivity contribution is 6.31. The predicted octanol–water partition coefficient (Wildman–Crippen LogP) is 2.01. The van der Waals surface area contributed by atoms with Gasteiger partial charge in [0.05, 0.1) is 6.20 Å². The molecule has 0 N–H and O–H groups in total. The van der Waals surface area contributed by atoms with Crippen LogP contribution in [0.15, 0.2) is 24.4 Å². The first-order chi connectivity index (χ1) is 7.56. The number of rotatable bonds is 2. The van der Waals surface area contributed by atoms with Crippen LogP contribution in [0.5, 0.6) is 0 Å². The maximum absolute atomic E-state index is 12.0. The summed E-state index contributed by atoms with van der Waals surface area (Å²) in [5.74, 6) is -0.168. The van der Waals surface area contributed by atoms with Crippen LogP contribution in [0.3, 0.4) is 0 Å². The first-order valence-electron chi connectivity index (χ1n) is 4.74. The van der Waals surface area contributed by atoms with Gasteiger partial charge < -0.3 is 0 Å². The molecule has 16 heavy (non-hydrogen) atoms. The topological polar surface area (TPSA) is 47.8 Å². The van der Waals surface area contributed by atoms with Crippen molar-refractivity contribution in [3.05, 3.63) is 46.2 Å². The van der Waals surface area contributed by atoms with Crippen molar-refractivity contribution in [2.75, 3.05) is 0 Å². The highest BCUT2D eigenvalue weighted by Gasteiger charge is 2.13. The summed E-state index contributed by atoms with van der Waals surface area (Å²) in [4.78, 5) is 12.0. The lowest BCUT2D eigenvalue weighted by atomic mass is 10.1. The van der Waals surface area contributed by atoms with Crippen LogP contribution in [0.2, 0.25) is 5.02 Å². The molecule has 1 heterocycles. The predicted molar refractivity (Wildman–Crippen MR) is 60.6 cm³/mol. The van der Waals surface area contributed by atoms with Crippen molar-refractivity contribution in [3.8, 4) is 0 Å². The van der Waals surface area contributed by atoms with Crippen molar-refractivity contribution in [1.29, 1.82) is 0 Å². The average Bonchev–Trinajstić information content (AvgIpc) is 2.62. The Kier molecular flexibility index (Phi) is 2.75. The fourth-order valence-corrected chi connectivity index (χ4v) is 1.76. The molecule has 82 valence electrons. The van der Waals surface area contributed by atoms with Crippen LogP contribution in [0, 0.1) is 6.92 Å². The molecular weight excluding hydrogens is 226 g/mol. The highest BCUT2D eigenvalue weighted by Crippen LogP contribution is 2.16. The van der Waals surface area contributed by atoms with E-state index in [0.29, 0.717) is 16.3 Å². The van der Waals surface area contributed by atoms with Crippen molar-refractivity contribution in [3.63, 3.8) is 0 Å². The number of halogens is 1. The molecule has 1 aromatic heterocycles. The van der Waals surface area contributed by atoms with Crippen molar-refractivity contribution in [2.45, 2.75) is 6.92 Å². The van der Waals surface area contributed by atoms with E-state index in [1.165, 1.54) is 4.68 Å². The third kappa shape index (κ3) is 2.12. The molecule has 5 heteroatoms. The maximum atomic E-state index is 12.0. The van der Waals surface area contributed by atoms with E-state index in [-0.39, 0.29) is 5.78 Å². The Bertz CT molecular complexity index is 528. The molecule has 2 aromatic rings. The molecule has 0 unspecified atom stereocenters. The zero-order valence-electron chi connectivity index (χ0n) is 8.94. The van der Waals surface area contributed by atoms with Gasteiger partial charge in [0.15, 0.2) is 5.69 Å². The summed E-state index contributed by atoms with van der Waals surface area (Å²) >= 11 is 5.89. The zero-order valence-corrected chi connectivity index (χ0v) is 9.69. The van der Waals surface area contributed by atoms with Crippen molar-refractivity contribution in [1.82, 2.24) is 15.0 Å². The fraction of sp³-hybridized carbons (Fsp3) is 0.182. The SMILES string of the molecule is Cc1cc(Cl)cc(C(=O)c2cn(C)nn2)c1. The fourth-order valence-electron chi connectivity index (χ4n) is 1.47. The quantitative estimate of drug-likeness (QED) is 0.748. The molecule has 0 aliphatic rings. The lowest BCUT2D eigenvalue weighted by molar-refractivity contribution is 0.103. The Morgan fingerprint density at radius 3 is 2.69 bits per heavy atom. The molecule has 0 aliphatic carbocycles. The normalized spacial score (nSPS) is 10.4. The molecule has 0 fully saturated rings. The Morgan fingerprint density at radius 2 is 2.12 bits per heavy atom. The number of carbonyl (C=O) groups is 1. The maximum Gasteiger partial charge on any atom is 0.214 e. The average molecular weight is 236 g/mol. The van der Waals surface area contributed by atoms with Gasteiger partial charge in [-0.1, -0.05) is 16.8 Å². The molecule has 0 saturated carbocycles. The number of carbonyl (C=O) groups excluding carboxylic acids is 1. The number of ketones is 1. The lowest BCUT2D eigenvalue weighted by Gasteiger charge is -2.00. The number of hydrogen-bond acceptors (Lipinski definition) is 3. The van der Waals surface area contributed by atoms with Gasteiger partial charge in [-0.15, -0.1) is 5.10 Å².